The van der Waals surface area contributed by atoms with Gasteiger partial charge in [-0.3, -0.25) is 0 Å². The first kappa shape index (κ1) is 13.4. The van der Waals surface area contributed by atoms with Gasteiger partial charge in [0.15, 0.2) is 0 Å². The van der Waals surface area contributed by atoms with E-state index in [0.29, 0.717) is 16.5 Å². The summed E-state index contributed by atoms with van der Waals surface area (Å²) in [6.45, 7) is 4.35. The fourth-order valence-corrected chi connectivity index (χ4v) is 3.37. The van der Waals surface area contributed by atoms with Gasteiger partial charge in [-0.1, -0.05) is 13.8 Å². The number of carbonyl (C=O) groups is 1. The third kappa shape index (κ3) is 3.05. The van der Waals surface area contributed by atoms with Gasteiger partial charge in [0.25, 0.3) is 0 Å². The molecular weight excluding hydrogens is 246 g/mol. The summed E-state index contributed by atoms with van der Waals surface area (Å²) in [5, 5.41) is 9.95. The number of rotatable bonds is 5. The largest absolute Gasteiger partial charge is 0.478 e. The molecule has 2 rings (SSSR count). The van der Waals surface area contributed by atoms with Crippen LogP contribution in [0.5, 0.6) is 0 Å². The van der Waals surface area contributed by atoms with Gasteiger partial charge in [0.05, 0.1) is 5.56 Å². The van der Waals surface area contributed by atoms with Crippen LogP contribution in [0.25, 0.3) is 0 Å². The van der Waals surface area contributed by atoms with Gasteiger partial charge in [-0.05, 0) is 49.0 Å². The Hall–Kier alpha value is -1.03. The summed E-state index contributed by atoms with van der Waals surface area (Å²) in [6.07, 6.45) is 4.15. The third-order valence-corrected chi connectivity index (χ3v) is 4.20. The SMILES string of the molecule is CC(C)CCSc1nc2c(cc1C(=O)O)CCC2. The molecule has 0 aliphatic heterocycles. The number of pyridine rings is 1. The number of hydrogen-bond acceptors (Lipinski definition) is 3. The highest BCUT2D eigenvalue weighted by molar-refractivity contribution is 7.99. The molecule has 1 aromatic heterocycles. The first-order valence-electron chi connectivity index (χ1n) is 6.47. The van der Waals surface area contributed by atoms with Crippen LogP contribution in [0.3, 0.4) is 0 Å². The fraction of sp³-hybridized carbons (Fsp3) is 0.571. The van der Waals surface area contributed by atoms with E-state index in [-0.39, 0.29) is 0 Å². The lowest BCUT2D eigenvalue weighted by Gasteiger charge is -2.09. The molecule has 0 fully saturated rings. The van der Waals surface area contributed by atoms with Gasteiger partial charge >= 0.3 is 5.97 Å². The zero-order valence-corrected chi connectivity index (χ0v) is 11.7. The molecule has 0 saturated carbocycles. The molecule has 1 aliphatic carbocycles. The topological polar surface area (TPSA) is 50.2 Å². The molecule has 0 spiro atoms. The molecule has 0 atom stereocenters. The van der Waals surface area contributed by atoms with Crippen LogP contribution in [-0.2, 0) is 12.8 Å². The number of carboxylic acid groups (broad SMARTS) is 1. The van der Waals surface area contributed by atoms with E-state index in [1.807, 2.05) is 6.07 Å². The molecule has 1 aliphatic rings. The number of fused-ring (bicyclic) bond motifs is 1. The summed E-state index contributed by atoms with van der Waals surface area (Å²) < 4.78 is 0. The summed E-state index contributed by atoms with van der Waals surface area (Å²) in [7, 11) is 0. The second-order valence-electron chi connectivity index (χ2n) is 5.14. The second-order valence-corrected chi connectivity index (χ2v) is 6.22. The van der Waals surface area contributed by atoms with Crippen molar-refractivity contribution >= 4 is 17.7 Å². The number of hydrogen-bond donors (Lipinski definition) is 1. The van der Waals surface area contributed by atoms with E-state index < -0.39 is 5.97 Å². The Morgan fingerprint density at radius 1 is 1.50 bits per heavy atom. The normalized spacial score (nSPS) is 13.9. The number of carboxylic acids is 1. The van der Waals surface area contributed by atoms with Gasteiger partial charge in [0, 0.05) is 5.69 Å². The van der Waals surface area contributed by atoms with Gasteiger partial charge in [0.2, 0.25) is 0 Å². The molecule has 0 bridgehead atoms. The highest BCUT2D eigenvalue weighted by Crippen LogP contribution is 2.29. The Bertz CT molecular complexity index is 457. The summed E-state index contributed by atoms with van der Waals surface area (Å²) in [4.78, 5) is 15.8. The number of thioether (sulfide) groups is 1. The standard InChI is InChI=1S/C14H19NO2S/c1-9(2)6-7-18-13-11(14(16)17)8-10-4-3-5-12(10)15-13/h8-9H,3-7H2,1-2H3,(H,16,17). The van der Waals surface area contributed by atoms with Crippen molar-refractivity contribution in [3.8, 4) is 0 Å². The molecule has 98 valence electrons. The average molecular weight is 265 g/mol. The van der Waals surface area contributed by atoms with E-state index in [1.165, 1.54) is 0 Å². The molecule has 18 heavy (non-hydrogen) atoms. The van der Waals surface area contributed by atoms with E-state index in [4.69, 9.17) is 0 Å². The van der Waals surface area contributed by atoms with Crippen molar-refractivity contribution in [3.05, 3.63) is 22.9 Å². The van der Waals surface area contributed by atoms with Crippen molar-refractivity contribution in [2.45, 2.75) is 44.6 Å². The first-order valence-corrected chi connectivity index (χ1v) is 7.45. The van der Waals surface area contributed by atoms with E-state index in [0.717, 1.165) is 42.7 Å². The number of nitrogens with zero attached hydrogens (tertiary/aromatic N) is 1. The Morgan fingerprint density at radius 2 is 2.28 bits per heavy atom. The maximum atomic E-state index is 11.3. The van der Waals surface area contributed by atoms with E-state index in [2.05, 4.69) is 18.8 Å². The number of aryl methyl sites for hydroxylation is 2. The minimum absolute atomic E-state index is 0.379. The van der Waals surface area contributed by atoms with Crippen LogP contribution in [0.15, 0.2) is 11.1 Å². The van der Waals surface area contributed by atoms with Crippen molar-refractivity contribution in [1.82, 2.24) is 4.98 Å². The molecule has 0 unspecified atom stereocenters. The highest BCUT2D eigenvalue weighted by atomic mass is 32.2. The molecule has 1 N–H and O–H groups in total. The average Bonchev–Trinajstić information content (AvgIpc) is 2.74. The maximum Gasteiger partial charge on any atom is 0.338 e. The molecular formula is C14H19NO2S. The quantitative estimate of drug-likeness (QED) is 0.829. The minimum Gasteiger partial charge on any atom is -0.478 e. The minimum atomic E-state index is -0.857. The van der Waals surface area contributed by atoms with Gasteiger partial charge in [-0.25, -0.2) is 9.78 Å². The second kappa shape index (κ2) is 5.74. The van der Waals surface area contributed by atoms with Crippen LogP contribution < -0.4 is 0 Å². The van der Waals surface area contributed by atoms with Crippen molar-refractivity contribution in [2.24, 2.45) is 5.92 Å². The number of aromatic carboxylic acids is 1. The predicted octanol–water partition coefficient (Wildman–Crippen LogP) is 3.41. The monoisotopic (exact) mass is 265 g/mol. The number of aromatic nitrogens is 1. The van der Waals surface area contributed by atoms with E-state index in [9.17, 15) is 9.90 Å². The molecule has 4 heteroatoms. The summed E-state index contributed by atoms with van der Waals surface area (Å²) >= 11 is 1.58. The smallest absolute Gasteiger partial charge is 0.338 e. The Morgan fingerprint density at radius 3 is 2.94 bits per heavy atom. The first-order chi connectivity index (χ1) is 8.58. The van der Waals surface area contributed by atoms with Crippen LogP contribution in [0.2, 0.25) is 0 Å². The third-order valence-electron chi connectivity index (χ3n) is 3.18. The zero-order valence-electron chi connectivity index (χ0n) is 10.9. The Kier molecular flexibility index (Phi) is 4.27. The van der Waals surface area contributed by atoms with Crippen LogP contribution in [0, 0.1) is 5.92 Å². The van der Waals surface area contributed by atoms with Gasteiger partial charge in [0.1, 0.15) is 5.03 Å². The summed E-state index contributed by atoms with van der Waals surface area (Å²) in [6, 6.07) is 1.83. The molecule has 0 radical (unpaired) electrons. The highest BCUT2D eigenvalue weighted by Gasteiger charge is 2.19. The maximum absolute atomic E-state index is 11.3. The summed E-state index contributed by atoms with van der Waals surface area (Å²) in [5.74, 6) is 0.716. The van der Waals surface area contributed by atoms with E-state index in [1.54, 1.807) is 11.8 Å². The predicted molar refractivity (Wildman–Crippen MR) is 73.4 cm³/mol. The van der Waals surface area contributed by atoms with Crippen molar-refractivity contribution < 1.29 is 9.90 Å². The van der Waals surface area contributed by atoms with Crippen molar-refractivity contribution in [2.75, 3.05) is 5.75 Å². The van der Waals surface area contributed by atoms with Crippen LogP contribution in [0.4, 0.5) is 0 Å². The van der Waals surface area contributed by atoms with Crippen molar-refractivity contribution in [3.63, 3.8) is 0 Å². The van der Waals surface area contributed by atoms with Gasteiger partial charge in [-0.2, -0.15) is 0 Å². The molecule has 0 aromatic carbocycles. The van der Waals surface area contributed by atoms with Crippen LogP contribution in [-0.4, -0.2) is 21.8 Å². The lowest BCUT2D eigenvalue weighted by molar-refractivity contribution is 0.0692. The molecule has 1 aromatic rings. The molecule has 0 saturated heterocycles. The summed E-state index contributed by atoms with van der Waals surface area (Å²) in [5.41, 5.74) is 2.61. The van der Waals surface area contributed by atoms with Gasteiger partial charge < -0.3 is 5.11 Å². The molecule has 0 amide bonds. The Labute approximate surface area is 112 Å². The zero-order chi connectivity index (χ0) is 13.1. The molecule has 3 nitrogen and oxygen atoms in total. The van der Waals surface area contributed by atoms with Crippen LogP contribution in [0.1, 0.15) is 48.3 Å². The Balaban J connectivity index is 2.19. The van der Waals surface area contributed by atoms with E-state index >= 15 is 0 Å². The fourth-order valence-electron chi connectivity index (χ4n) is 2.11. The lowest BCUT2D eigenvalue weighted by Crippen LogP contribution is -2.05. The van der Waals surface area contributed by atoms with Gasteiger partial charge in [-0.15, -0.1) is 11.8 Å². The lowest BCUT2D eigenvalue weighted by atomic mass is 10.1. The van der Waals surface area contributed by atoms with Crippen LogP contribution >= 0.6 is 11.8 Å². The molecule has 1 heterocycles. The van der Waals surface area contributed by atoms with Crippen molar-refractivity contribution in [1.29, 1.82) is 0 Å².